The Kier molecular flexibility index (Phi) is 6.00. The van der Waals surface area contributed by atoms with Crippen LogP contribution in [-0.2, 0) is 11.2 Å². The van der Waals surface area contributed by atoms with Crippen LogP contribution in [0.15, 0.2) is 41.5 Å². The first-order valence-electron chi connectivity index (χ1n) is 7.46. The van der Waals surface area contributed by atoms with Crippen LogP contribution in [0.25, 0.3) is 0 Å². The molecule has 1 aliphatic carbocycles. The topological polar surface area (TPSA) is 50.7 Å². The molecule has 0 saturated heterocycles. The van der Waals surface area contributed by atoms with Gasteiger partial charge in [0, 0.05) is 6.21 Å². The highest BCUT2D eigenvalue weighted by atomic mass is 16.5. The van der Waals surface area contributed by atoms with E-state index in [1.807, 2.05) is 30.5 Å². The molecule has 4 heteroatoms. The number of benzene rings is 1. The number of amides is 1. The van der Waals surface area contributed by atoms with Gasteiger partial charge in [0.1, 0.15) is 5.75 Å². The number of hydrogen-bond donors (Lipinski definition) is 1. The largest absolute Gasteiger partial charge is 0.484 e. The van der Waals surface area contributed by atoms with Crippen LogP contribution in [0.5, 0.6) is 5.75 Å². The maximum Gasteiger partial charge on any atom is 0.277 e. The van der Waals surface area contributed by atoms with Gasteiger partial charge in [-0.2, -0.15) is 5.10 Å². The van der Waals surface area contributed by atoms with Crippen LogP contribution in [0.3, 0.4) is 0 Å². The molecule has 1 amide bonds. The first-order chi connectivity index (χ1) is 10.3. The number of rotatable bonds is 6. The minimum Gasteiger partial charge on any atom is -0.484 e. The van der Waals surface area contributed by atoms with Gasteiger partial charge in [-0.25, -0.2) is 5.43 Å². The fourth-order valence-corrected chi connectivity index (χ4v) is 2.17. The smallest absolute Gasteiger partial charge is 0.277 e. The molecule has 2 rings (SSSR count). The Bertz CT molecular complexity index is 506. The second kappa shape index (κ2) is 8.25. The molecular formula is C17H22N2O2. The predicted octanol–water partition coefficient (Wildman–Crippen LogP) is 3.09. The van der Waals surface area contributed by atoms with E-state index in [2.05, 4.69) is 29.6 Å². The lowest BCUT2D eigenvalue weighted by Gasteiger charge is -2.11. The maximum atomic E-state index is 11.6. The molecule has 1 aromatic rings. The number of nitrogens with one attached hydrogen (secondary N) is 1. The number of nitrogens with zero attached hydrogens (tertiary/aromatic N) is 1. The van der Waals surface area contributed by atoms with E-state index in [1.165, 1.54) is 5.56 Å². The molecule has 1 aliphatic rings. The van der Waals surface area contributed by atoms with Gasteiger partial charge in [0.25, 0.3) is 5.91 Å². The molecule has 4 nitrogen and oxygen atoms in total. The monoisotopic (exact) mass is 286 g/mol. The lowest BCUT2D eigenvalue weighted by atomic mass is 9.96. The van der Waals surface area contributed by atoms with Crippen molar-refractivity contribution >= 4 is 12.1 Å². The number of hydrogen-bond acceptors (Lipinski definition) is 3. The predicted molar refractivity (Wildman–Crippen MR) is 84.4 cm³/mol. The summed E-state index contributed by atoms with van der Waals surface area (Å²) in [5.41, 5.74) is 3.75. The summed E-state index contributed by atoms with van der Waals surface area (Å²) < 4.78 is 5.41. The van der Waals surface area contributed by atoms with Gasteiger partial charge in [0.15, 0.2) is 6.61 Å². The van der Waals surface area contributed by atoms with Gasteiger partial charge in [-0.15, -0.1) is 0 Å². The third-order valence-corrected chi connectivity index (χ3v) is 3.49. The molecule has 0 unspecified atom stereocenters. The van der Waals surface area contributed by atoms with Crippen molar-refractivity contribution < 1.29 is 9.53 Å². The molecule has 1 N–H and O–H groups in total. The summed E-state index contributed by atoms with van der Waals surface area (Å²) in [4.78, 5) is 11.6. The Morgan fingerprint density at radius 2 is 2.19 bits per heavy atom. The van der Waals surface area contributed by atoms with Crippen LogP contribution in [0.2, 0.25) is 0 Å². The Morgan fingerprint density at radius 3 is 2.86 bits per heavy atom. The normalized spacial score (nSPS) is 17.9. The van der Waals surface area contributed by atoms with E-state index in [0.29, 0.717) is 11.7 Å². The van der Waals surface area contributed by atoms with Crippen LogP contribution in [0.1, 0.15) is 31.7 Å². The number of allylic oxidation sites excluding steroid dienone is 2. The van der Waals surface area contributed by atoms with Crippen molar-refractivity contribution in [3.63, 3.8) is 0 Å². The highest BCUT2D eigenvalue weighted by Gasteiger charge is 2.07. The molecule has 0 radical (unpaired) electrons. The second-order valence-corrected chi connectivity index (χ2v) is 5.14. The highest BCUT2D eigenvalue weighted by molar-refractivity contribution is 5.78. The van der Waals surface area contributed by atoms with Crippen LogP contribution >= 0.6 is 0 Å². The first-order valence-corrected chi connectivity index (χ1v) is 7.46. The number of carbonyl (C=O) groups excluding carboxylic acids is 1. The number of aryl methyl sites for hydroxylation is 1. The summed E-state index contributed by atoms with van der Waals surface area (Å²) >= 11 is 0. The van der Waals surface area contributed by atoms with E-state index in [4.69, 9.17) is 4.74 Å². The van der Waals surface area contributed by atoms with Crippen LogP contribution in [0, 0.1) is 5.92 Å². The summed E-state index contributed by atoms with van der Waals surface area (Å²) in [5, 5.41) is 4.00. The van der Waals surface area contributed by atoms with E-state index >= 15 is 0 Å². The lowest BCUT2D eigenvalue weighted by Crippen LogP contribution is -2.25. The van der Waals surface area contributed by atoms with Gasteiger partial charge in [-0.3, -0.25) is 4.79 Å². The zero-order chi connectivity index (χ0) is 14.9. The van der Waals surface area contributed by atoms with Crippen molar-refractivity contribution in [3.8, 4) is 5.75 Å². The van der Waals surface area contributed by atoms with Gasteiger partial charge in [0.2, 0.25) is 0 Å². The zero-order valence-electron chi connectivity index (χ0n) is 12.4. The molecular weight excluding hydrogens is 264 g/mol. The molecule has 0 heterocycles. The molecule has 112 valence electrons. The van der Waals surface area contributed by atoms with Crippen molar-refractivity contribution in [2.24, 2.45) is 11.0 Å². The molecule has 1 aromatic carbocycles. The van der Waals surface area contributed by atoms with Crippen LogP contribution < -0.4 is 10.2 Å². The molecule has 1 atom stereocenters. The van der Waals surface area contributed by atoms with Crippen molar-refractivity contribution in [3.05, 3.63) is 42.0 Å². The molecule has 0 saturated carbocycles. The number of carbonyl (C=O) groups is 1. The SMILES string of the molecule is CCc1ccc(OCC(=O)N/N=C\[C@@H]2CC=CCC2)cc1. The van der Waals surface area contributed by atoms with E-state index < -0.39 is 0 Å². The summed E-state index contributed by atoms with van der Waals surface area (Å²) in [5.74, 6) is 0.888. The van der Waals surface area contributed by atoms with E-state index in [1.54, 1.807) is 0 Å². The Labute approximate surface area is 125 Å². The fraction of sp³-hybridized carbons (Fsp3) is 0.412. The average molecular weight is 286 g/mol. The molecule has 0 aromatic heterocycles. The van der Waals surface area contributed by atoms with Gasteiger partial charge in [-0.1, -0.05) is 31.2 Å². The zero-order valence-corrected chi connectivity index (χ0v) is 12.4. The second-order valence-electron chi connectivity index (χ2n) is 5.14. The highest BCUT2D eigenvalue weighted by Crippen LogP contribution is 2.15. The van der Waals surface area contributed by atoms with E-state index in [9.17, 15) is 4.79 Å². The summed E-state index contributed by atoms with van der Waals surface area (Å²) in [6.45, 7) is 2.08. The summed E-state index contributed by atoms with van der Waals surface area (Å²) in [6.07, 6.45) is 10.3. The third-order valence-electron chi connectivity index (χ3n) is 3.49. The fourth-order valence-electron chi connectivity index (χ4n) is 2.17. The lowest BCUT2D eigenvalue weighted by molar-refractivity contribution is -0.123. The minimum atomic E-state index is -0.239. The molecule has 0 bridgehead atoms. The van der Waals surface area contributed by atoms with Crippen molar-refractivity contribution in [1.29, 1.82) is 0 Å². The standard InChI is InChI=1S/C17H22N2O2/c1-2-14-8-10-16(11-9-14)21-13-17(20)19-18-12-15-6-4-3-5-7-15/h3-4,8-12,15H,2,5-7,13H2,1H3,(H,19,20)/b18-12-/t15-/m1/s1. The molecule has 21 heavy (non-hydrogen) atoms. The maximum absolute atomic E-state index is 11.6. The van der Waals surface area contributed by atoms with Crippen LogP contribution in [0.4, 0.5) is 0 Å². The molecule has 0 aliphatic heterocycles. The Morgan fingerprint density at radius 1 is 1.38 bits per heavy atom. The Balaban J connectivity index is 1.69. The number of hydrazone groups is 1. The van der Waals surface area contributed by atoms with Crippen LogP contribution in [-0.4, -0.2) is 18.7 Å². The number of ether oxygens (including phenoxy) is 1. The quantitative estimate of drug-likeness (QED) is 0.496. The van der Waals surface area contributed by atoms with E-state index in [0.717, 1.165) is 25.7 Å². The van der Waals surface area contributed by atoms with Gasteiger partial charge in [-0.05, 0) is 49.3 Å². The summed E-state index contributed by atoms with van der Waals surface area (Å²) in [6, 6.07) is 7.76. The van der Waals surface area contributed by atoms with Crippen molar-refractivity contribution in [2.45, 2.75) is 32.6 Å². The van der Waals surface area contributed by atoms with Gasteiger partial charge < -0.3 is 4.74 Å². The molecule has 0 fully saturated rings. The third kappa shape index (κ3) is 5.42. The molecule has 0 spiro atoms. The van der Waals surface area contributed by atoms with E-state index in [-0.39, 0.29) is 12.5 Å². The van der Waals surface area contributed by atoms with Crippen molar-refractivity contribution in [1.82, 2.24) is 5.43 Å². The summed E-state index contributed by atoms with van der Waals surface area (Å²) in [7, 11) is 0. The van der Waals surface area contributed by atoms with Crippen molar-refractivity contribution in [2.75, 3.05) is 6.61 Å². The minimum absolute atomic E-state index is 0.0205. The average Bonchev–Trinajstić information content (AvgIpc) is 2.54. The first kappa shape index (κ1) is 15.3. The van der Waals surface area contributed by atoms with Gasteiger partial charge >= 0.3 is 0 Å². The Hall–Kier alpha value is -2.10. The van der Waals surface area contributed by atoms with Gasteiger partial charge in [0.05, 0.1) is 0 Å².